The molecule has 2 aliphatic rings. The highest BCUT2D eigenvalue weighted by Gasteiger charge is 2.20. The first-order chi connectivity index (χ1) is 9.35. The summed E-state index contributed by atoms with van der Waals surface area (Å²) >= 11 is 0. The maximum atomic E-state index is 4.82. The second-order valence-electron chi connectivity index (χ2n) is 5.88. The van der Waals surface area contributed by atoms with Crippen LogP contribution in [0.15, 0.2) is 12.1 Å². The van der Waals surface area contributed by atoms with Gasteiger partial charge in [-0.15, -0.1) is 0 Å². The molecule has 1 aliphatic heterocycles. The Bertz CT molecular complexity index is 420. The van der Waals surface area contributed by atoms with Crippen molar-refractivity contribution in [1.29, 1.82) is 0 Å². The number of piperidine rings is 1. The molecule has 19 heavy (non-hydrogen) atoms. The zero-order valence-corrected chi connectivity index (χ0v) is 12.0. The van der Waals surface area contributed by atoms with E-state index in [9.17, 15) is 0 Å². The van der Waals surface area contributed by atoms with E-state index in [1.54, 1.807) is 0 Å². The summed E-state index contributed by atoms with van der Waals surface area (Å²) in [6.07, 6.45) is 7.73. The van der Waals surface area contributed by atoms with Gasteiger partial charge in [-0.25, -0.2) is 4.98 Å². The van der Waals surface area contributed by atoms with Crippen LogP contribution in [0.2, 0.25) is 0 Å². The van der Waals surface area contributed by atoms with Crippen LogP contribution >= 0.6 is 0 Å². The van der Waals surface area contributed by atoms with Crippen LogP contribution in [0.1, 0.15) is 50.3 Å². The highest BCUT2D eigenvalue weighted by Crippen LogP contribution is 2.22. The second-order valence-corrected chi connectivity index (χ2v) is 5.88. The molecule has 0 spiro atoms. The van der Waals surface area contributed by atoms with Crippen molar-refractivity contribution in [3.63, 3.8) is 0 Å². The lowest BCUT2D eigenvalue weighted by Crippen LogP contribution is -2.30. The molecular weight excluding hydrogens is 234 g/mol. The molecule has 2 fully saturated rings. The Morgan fingerprint density at radius 1 is 1.21 bits per heavy atom. The summed E-state index contributed by atoms with van der Waals surface area (Å²) in [4.78, 5) is 7.28. The van der Waals surface area contributed by atoms with E-state index in [0.29, 0.717) is 0 Å². The Morgan fingerprint density at radius 2 is 2.00 bits per heavy atom. The number of aryl methyl sites for hydroxylation is 1. The van der Waals surface area contributed by atoms with E-state index < -0.39 is 0 Å². The zero-order chi connectivity index (χ0) is 13.1. The van der Waals surface area contributed by atoms with Crippen LogP contribution in [0, 0.1) is 0 Å². The number of hydrogen-bond acceptors (Lipinski definition) is 3. The molecule has 0 radical (unpaired) electrons. The van der Waals surface area contributed by atoms with Crippen molar-refractivity contribution >= 4 is 5.82 Å². The topological polar surface area (TPSA) is 28.2 Å². The summed E-state index contributed by atoms with van der Waals surface area (Å²) in [5.74, 6) is 1.20. The summed E-state index contributed by atoms with van der Waals surface area (Å²) in [6.45, 7) is 5.55. The molecule has 0 atom stereocenters. The van der Waals surface area contributed by atoms with Crippen molar-refractivity contribution in [1.82, 2.24) is 10.3 Å². The Balaban J connectivity index is 1.74. The number of rotatable bonds is 5. The van der Waals surface area contributed by atoms with E-state index >= 15 is 0 Å². The summed E-state index contributed by atoms with van der Waals surface area (Å²) in [6, 6.07) is 5.33. The minimum absolute atomic E-state index is 0.775. The van der Waals surface area contributed by atoms with Crippen LogP contribution < -0.4 is 10.2 Å². The van der Waals surface area contributed by atoms with Gasteiger partial charge in [-0.05, 0) is 56.2 Å². The summed E-state index contributed by atoms with van der Waals surface area (Å²) in [5, 5.41) is 3.61. The van der Waals surface area contributed by atoms with Gasteiger partial charge in [0.25, 0.3) is 0 Å². The number of hydrogen-bond donors (Lipinski definition) is 1. The van der Waals surface area contributed by atoms with Crippen molar-refractivity contribution in [3.05, 3.63) is 23.4 Å². The second kappa shape index (κ2) is 5.91. The van der Waals surface area contributed by atoms with Crippen LogP contribution in [0.25, 0.3) is 0 Å². The average molecular weight is 259 g/mol. The minimum Gasteiger partial charge on any atom is -0.357 e. The molecule has 1 saturated heterocycles. The number of nitrogens with zero attached hydrogens (tertiary/aromatic N) is 2. The molecule has 3 rings (SSSR count). The summed E-state index contributed by atoms with van der Waals surface area (Å²) in [5.41, 5.74) is 2.63. The lowest BCUT2D eigenvalue weighted by atomic mass is 10.1. The van der Waals surface area contributed by atoms with E-state index in [0.717, 1.165) is 19.0 Å². The molecule has 0 amide bonds. The first kappa shape index (κ1) is 12.9. The number of aromatic nitrogens is 1. The van der Waals surface area contributed by atoms with Crippen LogP contribution in [-0.4, -0.2) is 24.1 Å². The van der Waals surface area contributed by atoms with Gasteiger partial charge in [-0.1, -0.05) is 6.92 Å². The average Bonchev–Trinajstić information content (AvgIpc) is 3.30. The smallest absolute Gasteiger partial charge is 0.129 e. The largest absolute Gasteiger partial charge is 0.357 e. The van der Waals surface area contributed by atoms with Crippen LogP contribution in [0.4, 0.5) is 5.82 Å². The highest BCUT2D eigenvalue weighted by molar-refractivity contribution is 5.43. The number of nitrogens with one attached hydrogen (secondary N) is 1. The first-order valence-corrected chi connectivity index (χ1v) is 7.83. The van der Waals surface area contributed by atoms with E-state index in [2.05, 4.69) is 29.3 Å². The van der Waals surface area contributed by atoms with Crippen LogP contribution in [0.3, 0.4) is 0 Å². The van der Waals surface area contributed by atoms with Gasteiger partial charge in [0.1, 0.15) is 5.82 Å². The Kier molecular flexibility index (Phi) is 4.02. The van der Waals surface area contributed by atoms with Crippen LogP contribution in [-0.2, 0) is 13.0 Å². The monoisotopic (exact) mass is 259 g/mol. The molecule has 1 N–H and O–H groups in total. The van der Waals surface area contributed by atoms with E-state index in [4.69, 9.17) is 4.98 Å². The molecule has 1 aromatic rings. The van der Waals surface area contributed by atoms with Gasteiger partial charge in [0.2, 0.25) is 0 Å². The molecular formula is C16H25N3. The summed E-state index contributed by atoms with van der Waals surface area (Å²) in [7, 11) is 0. The molecule has 2 heterocycles. The van der Waals surface area contributed by atoms with Crippen molar-refractivity contribution in [2.24, 2.45) is 0 Å². The van der Waals surface area contributed by atoms with Crippen molar-refractivity contribution < 1.29 is 0 Å². The Hall–Kier alpha value is -1.09. The van der Waals surface area contributed by atoms with Gasteiger partial charge >= 0.3 is 0 Å². The first-order valence-electron chi connectivity index (χ1n) is 7.83. The van der Waals surface area contributed by atoms with Gasteiger partial charge in [0.05, 0.1) is 0 Å². The molecule has 1 saturated carbocycles. The molecule has 3 heteroatoms. The SMILES string of the molecule is CCc1cc(CNC2CC2)cc(N2CCCCC2)n1. The fourth-order valence-electron chi connectivity index (χ4n) is 2.75. The predicted octanol–water partition coefficient (Wildman–Crippen LogP) is 2.89. The fraction of sp³-hybridized carbons (Fsp3) is 0.688. The lowest BCUT2D eigenvalue weighted by molar-refractivity contribution is 0.572. The van der Waals surface area contributed by atoms with Crippen molar-refractivity contribution in [3.8, 4) is 0 Å². The van der Waals surface area contributed by atoms with E-state index in [1.165, 1.54) is 62.3 Å². The lowest BCUT2D eigenvalue weighted by Gasteiger charge is -2.28. The molecule has 1 aliphatic carbocycles. The molecule has 1 aromatic heterocycles. The predicted molar refractivity (Wildman–Crippen MR) is 79.5 cm³/mol. The maximum Gasteiger partial charge on any atom is 0.129 e. The van der Waals surface area contributed by atoms with E-state index in [-0.39, 0.29) is 0 Å². The summed E-state index contributed by atoms with van der Waals surface area (Å²) < 4.78 is 0. The molecule has 3 nitrogen and oxygen atoms in total. The van der Waals surface area contributed by atoms with Gasteiger partial charge in [-0.2, -0.15) is 0 Å². The molecule has 0 aromatic carbocycles. The zero-order valence-electron chi connectivity index (χ0n) is 12.0. The van der Waals surface area contributed by atoms with E-state index in [1.807, 2.05) is 0 Å². The van der Waals surface area contributed by atoms with Gasteiger partial charge in [0, 0.05) is 31.4 Å². The Labute approximate surface area is 116 Å². The number of anilines is 1. The number of pyridine rings is 1. The van der Waals surface area contributed by atoms with Crippen LogP contribution in [0.5, 0.6) is 0 Å². The normalized spacial score (nSPS) is 19.7. The minimum atomic E-state index is 0.775. The quantitative estimate of drug-likeness (QED) is 0.881. The van der Waals surface area contributed by atoms with Gasteiger partial charge in [-0.3, -0.25) is 0 Å². The maximum absolute atomic E-state index is 4.82. The fourth-order valence-corrected chi connectivity index (χ4v) is 2.75. The highest BCUT2D eigenvalue weighted by atomic mass is 15.2. The molecule has 0 bridgehead atoms. The van der Waals surface area contributed by atoms with Gasteiger partial charge in [0.15, 0.2) is 0 Å². The molecule has 104 valence electrons. The van der Waals surface area contributed by atoms with Crippen molar-refractivity contribution in [2.75, 3.05) is 18.0 Å². The standard InChI is InChI=1S/C16H25N3/c1-2-14-10-13(12-17-15-6-7-15)11-16(18-14)19-8-4-3-5-9-19/h10-11,15,17H,2-9,12H2,1H3. The Morgan fingerprint density at radius 3 is 2.68 bits per heavy atom. The van der Waals surface area contributed by atoms with Crippen molar-refractivity contribution in [2.45, 2.75) is 58.0 Å². The third-order valence-electron chi connectivity index (χ3n) is 4.14. The third kappa shape index (κ3) is 3.47. The molecule has 0 unspecified atom stereocenters. The third-order valence-corrected chi connectivity index (χ3v) is 4.14. The van der Waals surface area contributed by atoms with Gasteiger partial charge < -0.3 is 10.2 Å².